The standard InChI is InChI=1S/C5H10N2O2/c1-4(2-6)7-3-5(8)9/h2,7H,3,6H2,1H3,(H,8,9)/b4-2+. The van der Waals surface area contributed by atoms with Crippen molar-refractivity contribution in [2.75, 3.05) is 6.54 Å². The lowest BCUT2D eigenvalue weighted by Crippen LogP contribution is -2.21. The summed E-state index contributed by atoms with van der Waals surface area (Å²) in [5, 5.41) is 10.7. The molecule has 0 rings (SSSR count). The smallest absolute Gasteiger partial charge is 0.322 e. The van der Waals surface area contributed by atoms with Gasteiger partial charge in [-0.2, -0.15) is 0 Å². The third-order valence-corrected chi connectivity index (χ3v) is 0.768. The van der Waals surface area contributed by atoms with Crippen LogP contribution in [0.3, 0.4) is 0 Å². The molecule has 0 aromatic heterocycles. The third kappa shape index (κ3) is 4.67. The number of hydrogen-bond donors (Lipinski definition) is 3. The second-order valence-electron chi connectivity index (χ2n) is 1.60. The van der Waals surface area contributed by atoms with Gasteiger partial charge < -0.3 is 16.2 Å². The van der Waals surface area contributed by atoms with E-state index in [1.165, 1.54) is 6.20 Å². The Balaban J connectivity index is 3.39. The van der Waals surface area contributed by atoms with Crippen molar-refractivity contribution >= 4 is 5.97 Å². The van der Waals surface area contributed by atoms with Gasteiger partial charge in [0.1, 0.15) is 6.54 Å². The first-order valence-corrected chi connectivity index (χ1v) is 2.51. The molecular weight excluding hydrogens is 120 g/mol. The van der Waals surface area contributed by atoms with Crippen LogP contribution < -0.4 is 11.1 Å². The molecule has 0 amide bonds. The molecule has 52 valence electrons. The van der Waals surface area contributed by atoms with Crippen LogP contribution in [-0.2, 0) is 4.79 Å². The van der Waals surface area contributed by atoms with Crippen molar-refractivity contribution in [3.8, 4) is 0 Å². The molecule has 0 fully saturated rings. The van der Waals surface area contributed by atoms with Gasteiger partial charge in [-0.3, -0.25) is 4.79 Å². The molecule has 0 saturated heterocycles. The van der Waals surface area contributed by atoms with Crippen LogP contribution >= 0.6 is 0 Å². The van der Waals surface area contributed by atoms with Crippen LogP contribution in [0.5, 0.6) is 0 Å². The van der Waals surface area contributed by atoms with Crippen molar-refractivity contribution < 1.29 is 9.90 Å². The zero-order valence-corrected chi connectivity index (χ0v) is 5.22. The van der Waals surface area contributed by atoms with Crippen molar-refractivity contribution in [1.29, 1.82) is 0 Å². The molecule has 0 saturated carbocycles. The van der Waals surface area contributed by atoms with E-state index in [0.29, 0.717) is 5.70 Å². The maximum absolute atomic E-state index is 9.89. The number of rotatable bonds is 3. The van der Waals surface area contributed by atoms with Gasteiger partial charge in [-0.15, -0.1) is 0 Å². The van der Waals surface area contributed by atoms with Gasteiger partial charge in [0.05, 0.1) is 0 Å². The van der Waals surface area contributed by atoms with Crippen LogP contribution in [0.4, 0.5) is 0 Å². The predicted molar refractivity (Wildman–Crippen MR) is 33.6 cm³/mol. The highest BCUT2D eigenvalue weighted by Gasteiger charge is 1.92. The highest BCUT2D eigenvalue weighted by Crippen LogP contribution is 1.78. The van der Waals surface area contributed by atoms with Gasteiger partial charge in [-0.1, -0.05) is 0 Å². The van der Waals surface area contributed by atoms with E-state index in [0.717, 1.165) is 0 Å². The second-order valence-corrected chi connectivity index (χ2v) is 1.60. The number of allylic oxidation sites excluding steroid dienone is 1. The molecule has 0 aliphatic carbocycles. The normalized spacial score (nSPS) is 11.0. The topological polar surface area (TPSA) is 75.3 Å². The summed E-state index contributed by atoms with van der Waals surface area (Å²) >= 11 is 0. The van der Waals surface area contributed by atoms with Crippen molar-refractivity contribution in [1.82, 2.24) is 5.32 Å². The number of carbonyl (C=O) groups is 1. The minimum atomic E-state index is -0.892. The van der Waals surface area contributed by atoms with Crippen LogP contribution in [-0.4, -0.2) is 17.6 Å². The van der Waals surface area contributed by atoms with Crippen molar-refractivity contribution in [2.24, 2.45) is 5.73 Å². The lowest BCUT2D eigenvalue weighted by molar-refractivity contribution is -0.135. The highest BCUT2D eigenvalue weighted by atomic mass is 16.4. The number of hydrogen-bond acceptors (Lipinski definition) is 3. The maximum atomic E-state index is 9.89. The van der Waals surface area contributed by atoms with E-state index in [2.05, 4.69) is 5.32 Å². The number of nitrogens with one attached hydrogen (secondary N) is 1. The molecule has 0 aromatic rings. The monoisotopic (exact) mass is 130 g/mol. The van der Waals surface area contributed by atoms with Gasteiger partial charge in [-0.05, 0) is 6.92 Å². The van der Waals surface area contributed by atoms with Gasteiger partial charge in [-0.25, -0.2) is 0 Å². The predicted octanol–water partition coefficient (Wildman–Crippen LogP) is -0.519. The Labute approximate surface area is 53.4 Å². The first-order chi connectivity index (χ1) is 4.16. The lowest BCUT2D eigenvalue weighted by Gasteiger charge is -1.99. The average molecular weight is 130 g/mol. The molecule has 0 unspecified atom stereocenters. The average Bonchev–Trinajstić information content (AvgIpc) is 1.83. The van der Waals surface area contributed by atoms with Crippen LogP contribution in [0, 0.1) is 0 Å². The van der Waals surface area contributed by atoms with E-state index in [1.807, 2.05) is 0 Å². The third-order valence-electron chi connectivity index (χ3n) is 0.768. The molecule has 0 atom stereocenters. The zero-order valence-electron chi connectivity index (χ0n) is 5.22. The van der Waals surface area contributed by atoms with Crippen LogP contribution in [0.15, 0.2) is 11.9 Å². The minimum Gasteiger partial charge on any atom is -0.480 e. The number of nitrogens with two attached hydrogens (primary N) is 1. The molecule has 0 aliphatic rings. The molecule has 0 spiro atoms. The number of carboxylic acids is 1. The Kier molecular flexibility index (Phi) is 3.27. The second kappa shape index (κ2) is 3.77. The summed E-state index contributed by atoms with van der Waals surface area (Å²) in [6.45, 7) is 1.61. The minimum absolute atomic E-state index is 0.0838. The molecule has 4 N–H and O–H groups in total. The molecule has 4 nitrogen and oxygen atoms in total. The molecule has 0 aliphatic heterocycles. The molecule has 0 radical (unpaired) electrons. The summed E-state index contributed by atoms with van der Waals surface area (Å²) in [5.74, 6) is -0.892. The SMILES string of the molecule is C/C(=C\N)NCC(=O)O. The summed E-state index contributed by atoms with van der Waals surface area (Å²) in [7, 11) is 0. The van der Waals surface area contributed by atoms with Gasteiger partial charge in [0.15, 0.2) is 0 Å². The fourth-order valence-corrected chi connectivity index (χ4v) is 0.274. The van der Waals surface area contributed by atoms with Gasteiger partial charge in [0, 0.05) is 11.9 Å². The van der Waals surface area contributed by atoms with E-state index in [1.54, 1.807) is 6.92 Å². The van der Waals surface area contributed by atoms with E-state index in [4.69, 9.17) is 10.8 Å². The number of carboxylic acid groups (broad SMARTS) is 1. The first kappa shape index (κ1) is 7.81. The highest BCUT2D eigenvalue weighted by molar-refractivity contribution is 5.69. The fraction of sp³-hybridized carbons (Fsp3) is 0.400. The molecule has 9 heavy (non-hydrogen) atoms. The maximum Gasteiger partial charge on any atom is 0.322 e. The van der Waals surface area contributed by atoms with Gasteiger partial charge in [0.2, 0.25) is 0 Å². The van der Waals surface area contributed by atoms with Crippen molar-refractivity contribution in [2.45, 2.75) is 6.92 Å². The fourth-order valence-electron chi connectivity index (χ4n) is 0.274. The summed E-state index contributed by atoms with van der Waals surface area (Å²) < 4.78 is 0. The van der Waals surface area contributed by atoms with E-state index in [9.17, 15) is 4.79 Å². The zero-order chi connectivity index (χ0) is 7.28. The Morgan fingerprint density at radius 1 is 1.89 bits per heavy atom. The Morgan fingerprint density at radius 3 is 2.78 bits per heavy atom. The first-order valence-electron chi connectivity index (χ1n) is 2.51. The van der Waals surface area contributed by atoms with Crippen molar-refractivity contribution in [3.63, 3.8) is 0 Å². The van der Waals surface area contributed by atoms with Gasteiger partial charge >= 0.3 is 5.97 Å². The van der Waals surface area contributed by atoms with Gasteiger partial charge in [0.25, 0.3) is 0 Å². The molecular formula is C5H10N2O2. The van der Waals surface area contributed by atoms with Crippen LogP contribution in [0.25, 0.3) is 0 Å². The largest absolute Gasteiger partial charge is 0.480 e. The Hall–Kier alpha value is -1.19. The number of aliphatic carboxylic acids is 1. The molecule has 0 aromatic carbocycles. The van der Waals surface area contributed by atoms with E-state index < -0.39 is 5.97 Å². The van der Waals surface area contributed by atoms with E-state index >= 15 is 0 Å². The molecule has 0 bridgehead atoms. The van der Waals surface area contributed by atoms with Crippen LogP contribution in [0.1, 0.15) is 6.92 Å². The summed E-state index contributed by atoms with van der Waals surface area (Å²) in [5.41, 5.74) is 5.71. The van der Waals surface area contributed by atoms with E-state index in [-0.39, 0.29) is 6.54 Å². The quantitative estimate of drug-likeness (QED) is 0.480. The molecule has 0 heterocycles. The summed E-state index contributed by atoms with van der Waals surface area (Å²) in [6.07, 6.45) is 1.32. The lowest BCUT2D eigenvalue weighted by atomic mass is 10.5. The Morgan fingerprint density at radius 2 is 2.44 bits per heavy atom. The Bertz CT molecular complexity index is 131. The molecule has 4 heteroatoms. The van der Waals surface area contributed by atoms with Crippen LogP contribution in [0.2, 0.25) is 0 Å². The summed E-state index contributed by atoms with van der Waals surface area (Å²) in [6, 6.07) is 0. The summed E-state index contributed by atoms with van der Waals surface area (Å²) in [4.78, 5) is 9.89. The van der Waals surface area contributed by atoms with Crippen molar-refractivity contribution in [3.05, 3.63) is 11.9 Å².